The molecular formula is C22H36N8. The summed E-state index contributed by atoms with van der Waals surface area (Å²) < 4.78 is 1.90. The Morgan fingerprint density at radius 3 is 2.60 bits per heavy atom. The predicted octanol–water partition coefficient (Wildman–Crippen LogP) is 1.90. The maximum atomic E-state index is 4.68. The number of nitrogens with one attached hydrogen (secondary N) is 1. The largest absolute Gasteiger partial charge is 0.354 e. The number of anilines is 1. The van der Waals surface area contributed by atoms with Crippen LogP contribution in [-0.2, 0) is 20.1 Å². The highest BCUT2D eigenvalue weighted by Gasteiger charge is 2.19. The van der Waals surface area contributed by atoms with Crippen LogP contribution in [0.5, 0.6) is 0 Å². The van der Waals surface area contributed by atoms with Crippen molar-refractivity contribution in [3.63, 3.8) is 0 Å². The lowest BCUT2D eigenvalue weighted by Crippen LogP contribution is -2.45. The van der Waals surface area contributed by atoms with Gasteiger partial charge in [0.2, 0.25) is 0 Å². The van der Waals surface area contributed by atoms with Gasteiger partial charge in [0.25, 0.3) is 0 Å². The molecule has 2 aromatic rings. The number of aliphatic imine (C=N–C) groups is 1. The molecule has 1 aliphatic heterocycles. The molecule has 0 bridgehead atoms. The summed E-state index contributed by atoms with van der Waals surface area (Å²) in [6.45, 7) is 9.97. The smallest absolute Gasteiger partial charge is 0.193 e. The van der Waals surface area contributed by atoms with Crippen molar-refractivity contribution in [3.05, 3.63) is 41.3 Å². The first-order valence-electron chi connectivity index (χ1n) is 10.7. The standard InChI is InChI=1S/C22H36N8/c1-17(2)20-19(16-29(6)26-20)15-28(5)22(23-3)25-14-18-8-7-9-24-21(18)30-12-10-27(4)11-13-30/h7-9,16-17H,10-15H2,1-6H3,(H,23,25). The number of hydrogen-bond donors (Lipinski definition) is 1. The number of pyridine rings is 1. The van der Waals surface area contributed by atoms with Gasteiger partial charge in [0.15, 0.2) is 5.96 Å². The molecule has 1 N–H and O–H groups in total. The molecule has 1 aliphatic rings. The number of aromatic nitrogens is 3. The van der Waals surface area contributed by atoms with E-state index in [-0.39, 0.29) is 0 Å². The molecule has 2 aromatic heterocycles. The van der Waals surface area contributed by atoms with Crippen molar-refractivity contribution >= 4 is 11.8 Å². The van der Waals surface area contributed by atoms with Gasteiger partial charge in [-0.1, -0.05) is 19.9 Å². The molecule has 1 saturated heterocycles. The van der Waals surface area contributed by atoms with Crippen LogP contribution in [-0.4, -0.2) is 77.8 Å². The molecule has 0 unspecified atom stereocenters. The number of hydrogen-bond acceptors (Lipinski definition) is 5. The van der Waals surface area contributed by atoms with Crippen molar-refractivity contribution in [1.29, 1.82) is 0 Å². The first-order chi connectivity index (χ1) is 14.4. The van der Waals surface area contributed by atoms with E-state index >= 15 is 0 Å². The van der Waals surface area contributed by atoms with Gasteiger partial charge in [0.05, 0.1) is 5.69 Å². The summed E-state index contributed by atoms with van der Waals surface area (Å²) in [5.74, 6) is 2.33. The third-order valence-corrected chi connectivity index (χ3v) is 5.57. The number of likely N-dealkylation sites (N-methyl/N-ethyl adjacent to an activating group) is 1. The Bertz CT molecular complexity index is 849. The van der Waals surface area contributed by atoms with Crippen LogP contribution < -0.4 is 10.2 Å². The Balaban J connectivity index is 1.66. The lowest BCUT2D eigenvalue weighted by atomic mass is 10.1. The minimum absolute atomic E-state index is 0.395. The fourth-order valence-corrected chi connectivity index (χ4v) is 3.92. The van der Waals surface area contributed by atoms with Gasteiger partial charge in [0, 0.05) is 83.9 Å². The summed E-state index contributed by atoms with van der Waals surface area (Å²) in [6, 6.07) is 4.16. The van der Waals surface area contributed by atoms with E-state index in [4.69, 9.17) is 0 Å². The van der Waals surface area contributed by atoms with Crippen molar-refractivity contribution in [1.82, 2.24) is 29.9 Å². The van der Waals surface area contributed by atoms with E-state index in [1.165, 1.54) is 11.1 Å². The van der Waals surface area contributed by atoms with Crippen LogP contribution in [0.2, 0.25) is 0 Å². The molecule has 3 rings (SSSR count). The Morgan fingerprint density at radius 2 is 1.93 bits per heavy atom. The zero-order valence-electron chi connectivity index (χ0n) is 19.3. The van der Waals surface area contributed by atoms with Gasteiger partial charge in [-0.05, 0) is 19.0 Å². The second-order valence-electron chi connectivity index (χ2n) is 8.40. The van der Waals surface area contributed by atoms with Gasteiger partial charge >= 0.3 is 0 Å². The summed E-state index contributed by atoms with van der Waals surface area (Å²) >= 11 is 0. The van der Waals surface area contributed by atoms with E-state index in [1.54, 1.807) is 0 Å². The van der Waals surface area contributed by atoms with E-state index in [0.717, 1.165) is 50.2 Å². The summed E-state index contributed by atoms with van der Waals surface area (Å²) in [5, 5.41) is 8.14. The van der Waals surface area contributed by atoms with Gasteiger partial charge in [-0.2, -0.15) is 5.10 Å². The fourth-order valence-electron chi connectivity index (χ4n) is 3.92. The molecule has 3 heterocycles. The van der Waals surface area contributed by atoms with Crippen LogP contribution in [0.4, 0.5) is 5.82 Å². The zero-order valence-corrected chi connectivity index (χ0v) is 19.3. The highest BCUT2D eigenvalue weighted by molar-refractivity contribution is 5.79. The normalized spacial score (nSPS) is 15.7. The van der Waals surface area contributed by atoms with E-state index in [9.17, 15) is 0 Å². The first kappa shape index (κ1) is 22.1. The maximum Gasteiger partial charge on any atom is 0.193 e. The second-order valence-corrected chi connectivity index (χ2v) is 8.40. The minimum atomic E-state index is 0.395. The van der Waals surface area contributed by atoms with Gasteiger partial charge in [-0.15, -0.1) is 0 Å². The fraction of sp³-hybridized carbons (Fsp3) is 0.591. The molecule has 8 nitrogen and oxygen atoms in total. The van der Waals surface area contributed by atoms with Crippen molar-refractivity contribution < 1.29 is 0 Å². The van der Waals surface area contributed by atoms with Crippen LogP contribution in [0.15, 0.2) is 29.5 Å². The summed E-state index contributed by atoms with van der Waals surface area (Å²) in [4.78, 5) is 16.1. The lowest BCUT2D eigenvalue weighted by molar-refractivity contribution is 0.311. The number of piperazine rings is 1. The highest BCUT2D eigenvalue weighted by atomic mass is 15.3. The molecule has 0 atom stereocenters. The van der Waals surface area contributed by atoms with Gasteiger partial charge in [-0.3, -0.25) is 9.67 Å². The molecule has 8 heteroatoms. The van der Waals surface area contributed by atoms with Crippen molar-refractivity contribution in [2.45, 2.75) is 32.9 Å². The Kier molecular flexibility index (Phi) is 7.31. The molecule has 0 spiro atoms. The van der Waals surface area contributed by atoms with E-state index < -0.39 is 0 Å². The Morgan fingerprint density at radius 1 is 1.20 bits per heavy atom. The SMILES string of the molecule is CN=C(NCc1cccnc1N1CCN(C)CC1)N(C)Cc1cn(C)nc1C(C)C. The Hall–Kier alpha value is -2.61. The number of nitrogens with zero attached hydrogens (tertiary/aromatic N) is 7. The summed E-state index contributed by atoms with van der Waals surface area (Å²) in [7, 11) is 8.04. The molecule has 1 fully saturated rings. The summed E-state index contributed by atoms with van der Waals surface area (Å²) in [6.07, 6.45) is 3.99. The molecule has 0 radical (unpaired) electrons. The molecule has 0 saturated carbocycles. The van der Waals surface area contributed by atoms with Crippen molar-refractivity contribution in [3.8, 4) is 0 Å². The van der Waals surface area contributed by atoms with Crippen LogP contribution in [0.3, 0.4) is 0 Å². The van der Waals surface area contributed by atoms with Crippen LogP contribution in [0, 0.1) is 0 Å². The van der Waals surface area contributed by atoms with E-state index in [2.05, 4.69) is 75.3 Å². The Labute approximate surface area is 180 Å². The number of rotatable bonds is 6. The maximum absolute atomic E-state index is 4.68. The van der Waals surface area contributed by atoms with Gasteiger partial charge < -0.3 is 20.0 Å². The second kappa shape index (κ2) is 9.93. The monoisotopic (exact) mass is 412 g/mol. The van der Waals surface area contributed by atoms with E-state index in [0.29, 0.717) is 12.5 Å². The van der Waals surface area contributed by atoms with Crippen molar-refractivity contribution in [2.24, 2.45) is 12.0 Å². The number of guanidine groups is 1. The third-order valence-electron chi connectivity index (χ3n) is 5.57. The molecule has 0 aliphatic carbocycles. The average molecular weight is 413 g/mol. The average Bonchev–Trinajstić information content (AvgIpc) is 3.10. The van der Waals surface area contributed by atoms with Crippen LogP contribution >= 0.6 is 0 Å². The summed E-state index contributed by atoms with van der Waals surface area (Å²) in [5.41, 5.74) is 3.57. The van der Waals surface area contributed by atoms with Crippen LogP contribution in [0.1, 0.15) is 36.6 Å². The molecule has 30 heavy (non-hydrogen) atoms. The van der Waals surface area contributed by atoms with Gasteiger partial charge in [-0.25, -0.2) is 4.98 Å². The first-order valence-corrected chi connectivity index (χ1v) is 10.7. The van der Waals surface area contributed by atoms with Gasteiger partial charge in [0.1, 0.15) is 5.82 Å². The molecule has 0 amide bonds. The number of aryl methyl sites for hydroxylation is 1. The van der Waals surface area contributed by atoms with Crippen molar-refractivity contribution in [2.75, 3.05) is 52.2 Å². The van der Waals surface area contributed by atoms with Crippen LogP contribution in [0.25, 0.3) is 0 Å². The zero-order chi connectivity index (χ0) is 21.7. The predicted molar refractivity (Wildman–Crippen MR) is 123 cm³/mol. The minimum Gasteiger partial charge on any atom is -0.354 e. The molecular weight excluding hydrogens is 376 g/mol. The molecule has 0 aromatic carbocycles. The lowest BCUT2D eigenvalue weighted by Gasteiger charge is -2.34. The highest BCUT2D eigenvalue weighted by Crippen LogP contribution is 2.20. The molecule has 164 valence electrons. The third kappa shape index (κ3) is 5.30. The quantitative estimate of drug-likeness (QED) is 0.578. The topological polar surface area (TPSA) is 64.8 Å². The van der Waals surface area contributed by atoms with E-state index in [1.807, 2.05) is 31.0 Å².